The number of nitrogens with one attached hydrogen (secondary N) is 1. The van der Waals surface area contributed by atoms with Gasteiger partial charge in [-0.1, -0.05) is 6.92 Å². The number of unbranched alkanes of at least 4 members (excludes halogenated alkanes) is 1. The number of ether oxygens (including phenoxy) is 1. The molecular formula is C15H31NO3. The molecule has 114 valence electrons. The smallest absolute Gasteiger partial charge is 0.323 e. The van der Waals surface area contributed by atoms with Gasteiger partial charge in [-0.3, -0.25) is 10.1 Å². The molecule has 0 radical (unpaired) electrons. The normalized spacial score (nSPS) is 15.5. The Balaban J connectivity index is 4.05. The van der Waals surface area contributed by atoms with Crippen LogP contribution in [0, 0.1) is 0 Å². The zero-order valence-electron chi connectivity index (χ0n) is 13.4. The van der Waals surface area contributed by atoms with E-state index in [0.717, 1.165) is 19.3 Å². The molecule has 0 aliphatic rings. The van der Waals surface area contributed by atoms with Crippen molar-refractivity contribution in [3.05, 3.63) is 0 Å². The van der Waals surface area contributed by atoms with Crippen LogP contribution < -0.4 is 5.32 Å². The highest BCUT2D eigenvalue weighted by molar-refractivity contribution is 5.78. The summed E-state index contributed by atoms with van der Waals surface area (Å²) in [4.78, 5) is 11.3. The number of hydrogen-bond acceptors (Lipinski definition) is 3. The van der Waals surface area contributed by atoms with E-state index in [0.29, 0.717) is 13.0 Å². The summed E-state index contributed by atoms with van der Waals surface area (Å²) in [6.07, 6.45) is 3.35. The molecule has 2 N–H and O–H groups in total. The van der Waals surface area contributed by atoms with Crippen LogP contribution in [-0.4, -0.2) is 34.9 Å². The molecule has 0 aliphatic heterocycles. The second-order valence-electron chi connectivity index (χ2n) is 6.36. The van der Waals surface area contributed by atoms with Crippen molar-refractivity contribution in [2.75, 3.05) is 6.61 Å². The number of aliphatic carboxylic acids is 1. The summed E-state index contributed by atoms with van der Waals surface area (Å²) in [7, 11) is 0. The van der Waals surface area contributed by atoms with Gasteiger partial charge in [-0.2, -0.15) is 0 Å². The summed E-state index contributed by atoms with van der Waals surface area (Å²) < 4.78 is 5.77. The van der Waals surface area contributed by atoms with Gasteiger partial charge < -0.3 is 9.84 Å². The Hall–Kier alpha value is -0.610. The fourth-order valence-electron chi connectivity index (χ4n) is 1.91. The monoisotopic (exact) mass is 273 g/mol. The highest BCUT2D eigenvalue weighted by Crippen LogP contribution is 2.18. The highest BCUT2D eigenvalue weighted by Gasteiger charge is 2.32. The van der Waals surface area contributed by atoms with Crippen molar-refractivity contribution in [2.45, 2.75) is 84.4 Å². The Morgan fingerprint density at radius 3 is 2.26 bits per heavy atom. The number of rotatable bonds is 10. The Morgan fingerprint density at radius 2 is 1.84 bits per heavy atom. The topological polar surface area (TPSA) is 58.6 Å². The molecule has 0 aromatic heterocycles. The van der Waals surface area contributed by atoms with Gasteiger partial charge in [-0.15, -0.1) is 0 Å². The lowest BCUT2D eigenvalue weighted by Crippen LogP contribution is -2.52. The second kappa shape index (κ2) is 7.85. The van der Waals surface area contributed by atoms with Crippen molar-refractivity contribution in [3.63, 3.8) is 0 Å². The van der Waals surface area contributed by atoms with E-state index >= 15 is 0 Å². The standard InChI is InChI=1S/C15H31NO3/c1-7-14(4,5)19-11-9-8-10-15(6,13(17)18)16-12(2)3/h12,16H,7-11H2,1-6H3,(H,17,18). The van der Waals surface area contributed by atoms with Crippen LogP contribution in [0.2, 0.25) is 0 Å². The van der Waals surface area contributed by atoms with Gasteiger partial charge in [0.05, 0.1) is 5.60 Å². The molecule has 19 heavy (non-hydrogen) atoms. The Kier molecular flexibility index (Phi) is 7.60. The van der Waals surface area contributed by atoms with Crippen LogP contribution >= 0.6 is 0 Å². The first-order chi connectivity index (χ1) is 8.63. The Bertz CT molecular complexity index is 277. The molecule has 0 amide bonds. The van der Waals surface area contributed by atoms with Gasteiger partial charge in [0.1, 0.15) is 5.54 Å². The number of carboxylic acid groups (broad SMARTS) is 1. The molecule has 0 saturated heterocycles. The van der Waals surface area contributed by atoms with E-state index in [-0.39, 0.29) is 11.6 Å². The third-order valence-corrected chi connectivity index (χ3v) is 3.49. The third kappa shape index (κ3) is 7.53. The lowest BCUT2D eigenvalue weighted by atomic mass is 9.94. The van der Waals surface area contributed by atoms with Gasteiger partial charge in [-0.25, -0.2) is 0 Å². The minimum Gasteiger partial charge on any atom is -0.480 e. The molecule has 0 aliphatic carbocycles. The van der Waals surface area contributed by atoms with Crippen LogP contribution in [0.4, 0.5) is 0 Å². The van der Waals surface area contributed by atoms with Crippen LogP contribution in [0.3, 0.4) is 0 Å². The fraction of sp³-hybridized carbons (Fsp3) is 0.933. The summed E-state index contributed by atoms with van der Waals surface area (Å²) in [5, 5.41) is 12.4. The van der Waals surface area contributed by atoms with E-state index in [2.05, 4.69) is 26.1 Å². The average Bonchev–Trinajstić information content (AvgIpc) is 2.27. The molecule has 4 heteroatoms. The van der Waals surface area contributed by atoms with Crippen LogP contribution in [0.5, 0.6) is 0 Å². The number of carbonyl (C=O) groups is 1. The Morgan fingerprint density at radius 1 is 1.26 bits per heavy atom. The van der Waals surface area contributed by atoms with Crippen LogP contribution in [0.25, 0.3) is 0 Å². The van der Waals surface area contributed by atoms with Crippen molar-refractivity contribution >= 4 is 5.97 Å². The fourth-order valence-corrected chi connectivity index (χ4v) is 1.91. The number of hydrogen-bond donors (Lipinski definition) is 2. The SMILES string of the molecule is CCC(C)(C)OCCCCC(C)(NC(C)C)C(=O)O. The Labute approximate surface area is 117 Å². The van der Waals surface area contributed by atoms with Gasteiger partial charge in [0.25, 0.3) is 0 Å². The van der Waals surface area contributed by atoms with E-state index in [9.17, 15) is 9.90 Å². The summed E-state index contributed by atoms with van der Waals surface area (Å²) in [6, 6.07) is 0.163. The van der Waals surface area contributed by atoms with E-state index in [1.54, 1.807) is 6.92 Å². The maximum Gasteiger partial charge on any atom is 0.323 e. The minimum atomic E-state index is -0.839. The van der Waals surface area contributed by atoms with Crippen LogP contribution in [0.1, 0.15) is 67.2 Å². The summed E-state index contributed by atoms with van der Waals surface area (Å²) in [6.45, 7) is 12.6. The van der Waals surface area contributed by atoms with Crippen molar-refractivity contribution < 1.29 is 14.6 Å². The molecule has 0 heterocycles. The first-order valence-electron chi connectivity index (χ1n) is 7.28. The molecule has 0 aromatic rings. The maximum atomic E-state index is 11.3. The van der Waals surface area contributed by atoms with E-state index in [1.807, 2.05) is 13.8 Å². The first kappa shape index (κ1) is 18.4. The molecule has 0 saturated carbocycles. The molecule has 1 unspecified atom stereocenters. The van der Waals surface area contributed by atoms with Crippen molar-refractivity contribution in [1.82, 2.24) is 5.32 Å². The number of carboxylic acids is 1. The zero-order chi connectivity index (χ0) is 15.1. The van der Waals surface area contributed by atoms with Gasteiger partial charge in [-0.05, 0) is 60.3 Å². The molecule has 0 spiro atoms. The van der Waals surface area contributed by atoms with Crippen molar-refractivity contribution in [3.8, 4) is 0 Å². The maximum absolute atomic E-state index is 11.3. The molecule has 0 fully saturated rings. The first-order valence-corrected chi connectivity index (χ1v) is 7.28. The van der Waals surface area contributed by atoms with Crippen molar-refractivity contribution in [2.24, 2.45) is 0 Å². The largest absolute Gasteiger partial charge is 0.480 e. The van der Waals surface area contributed by atoms with E-state index < -0.39 is 11.5 Å². The summed E-state index contributed by atoms with van der Waals surface area (Å²) >= 11 is 0. The van der Waals surface area contributed by atoms with E-state index in [4.69, 9.17) is 4.74 Å². The third-order valence-electron chi connectivity index (χ3n) is 3.49. The molecule has 0 rings (SSSR count). The van der Waals surface area contributed by atoms with Gasteiger partial charge in [0, 0.05) is 12.6 Å². The van der Waals surface area contributed by atoms with Gasteiger partial charge in [0.2, 0.25) is 0 Å². The minimum absolute atomic E-state index is 0.0771. The second-order valence-corrected chi connectivity index (χ2v) is 6.36. The van der Waals surface area contributed by atoms with Gasteiger partial charge >= 0.3 is 5.97 Å². The van der Waals surface area contributed by atoms with E-state index in [1.165, 1.54) is 0 Å². The molecular weight excluding hydrogens is 242 g/mol. The molecule has 1 atom stereocenters. The quantitative estimate of drug-likeness (QED) is 0.600. The van der Waals surface area contributed by atoms with Crippen molar-refractivity contribution in [1.29, 1.82) is 0 Å². The summed E-state index contributed by atoms with van der Waals surface area (Å²) in [5.41, 5.74) is -0.916. The zero-order valence-corrected chi connectivity index (χ0v) is 13.4. The predicted octanol–water partition coefficient (Wildman–Crippen LogP) is 3.20. The average molecular weight is 273 g/mol. The van der Waals surface area contributed by atoms with Gasteiger partial charge in [0.15, 0.2) is 0 Å². The predicted molar refractivity (Wildman–Crippen MR) is 78.5 cm³/mol. The lowest BCUT2D eigenvalue weighted by Gasteiger charge is -2.29. The van der Waals surface area contributed by atoms with Crippen LogP contribution in [0.15, 0.2) is 0 Å². The highest BCUT2D eigenvalue weighted by atomic mass is 16.5. The van der Waals surface area contributed by atoms with Crippen LogP contribution in [-0.2, 0) is 9.53 Å². The molecule has 4 nitrogen and oxygen atoms in total. The molecule has 0 bridgehead atoms. The summed E-state index contributed by atoms with van der Waals surface area (Å²) in [5.74, 6) is -0.781. The lowest BCUT2D eigenvalue weighted by molar-refractivity contribution is -0.144. The molecule has 0 aromatic carbocycles.